The highest BCUT2D eigenvalue weighted by molar-refractivity contribution is 14.1. The molecule has 1 heterocycles. The predicted molar refractivity (Wildman–Crippen MR) is 67.8 cm³/mol. The molecular weight excluding hydrogens is 319 g/mol. The van der Waals surface area contributed by atoms with Crippen molar-refractivity contribution in [1.29, 1.82) is 0 Å². The Morgan fingerprint density at radius 1 is 1.50 bits per heavy atom. The molecule has 1 aromatic carbocycles. The number of nitrogens with zero attached hydrogens (tertiary/aromatic N) is 3. The van der Waals surface area contributed by atoms with Crippen LogP contribution in [0, 0.1) is 3.57 Å². The molecule has 0 fully saturated rings. The molecule has 0 radical (unpaired) electrons. The van der Waals surface area contributed by atoms with Crippen LogP contribution in [0.3, 0.4) is 0 Å². The Hall–Kier alpha value is -1.44. The fourth-order valence-electron chi connectivity index (χ4n) is 1.23. The average molecular weight is 328 g/mol. The molecule has 16 heavy (non-hydrogen) atoms. The maximum absolute atomic E-state index is 11.6. The minimum Gasteiger partial charge on any atom is -0.324 e. The van der Waals surface area contributed by atoms with E-state index in [1.807, 2.05) is 24.3 Å². The van der Waals surface area contributed by atoms with Gasteiger partial charge in [0.15, 0.2) is 0 Å². The zero-order valence-corrected chi connectivity index (χ0v) is 10.5. The van der Waals surface area contributed by atoms with Gasteiger partial charge in [-0.3, -0.25) is 4.79 Å². The summed E-state index contributed by atoms with van der Waals surface area (Å²) in [5.41, 5.74) is 0.789. The van der Waals surface area contributed by atoms with E-state index in [4.69, 9.17) is 0 Å². The van der Waals surface area contributed by atoms with Crippen molar-refractivity contribution >= 4 is 34.2 Å². The highest BCUT2D eigenvalue weighted by Crippen LogP contribution is 2.12. The van der Waals surface area contributed by atoms with Crippen molar-refractivity contribution in [3.05, 3.63) is 40.5 Å². The smallest absolute Gasteiger partial charge is 0.246 e. The van der Waals surface area contributed by atoms with Crippen LogP contribution >= 0.6 is 22.6 Å². The van der Waals surface area contributed by atoms with Crippen molar-refractivity contribution in [3.8, 4) is 0 Å². The maximum Gasteiger partial charge on any atom is 0.246 e. The van der Waals surface area contributed by atoms with Gasteiger partial charge in [0.2, 0.25) is 5.91 Å². The van der Waals surface area contributed by atoms with Gasteiger partial charge in [0.25, 0.3) is 0 Å². The summed E-state index contributed by atoms with van der Waals surface area (Å²) >= 11 is 2.20. The van der Waals surface area contributed by atoms with Gasteiger partial charge in [-0.25, -0.2) is 9.67 Å². The fourth-order valence-corrected chi connectivity index (χ4v) is 1.77. The third-order valence-electron chi connectivity index (χ3n) is 1.88. The van der Waals surface area contributed by atoms with Crippen LogP contribution in [0.4, 0.5) is 5.69 Å². The second-order valence-corrected chi connectivity index (χ2v) is 4.40. The maximum atomic E-state index is 11.6. The first-order valence-electron chi connectivity index (χ1n) is 4.62. The summed E-state index contributed by atoms with van der Waals surface area (Å²) in [6.45, 7) is 0.172. The standard InChI is InChI=1S/C10H9IN4O/c11-8-2-1-3-9(4-8)14-10(16)5-15-7-12-6-13-15/h1-4,6-7H,5H2,(H,14,16). The zero-order valence-electron chi connectivity index (χ0n) is 8.30. The van der Waals surface area contributed by atoms with Gasteiger partial charge < -0.3 is 5.32 Å². The minimum atomic E-state index is -0.118. The summed E-state index contributed by atoms with van der Waals surface area (Å²) in [5.74, 6) is -0.118. The molecule has 0 bridgehead atoms. The molecule has 1 amide bonds. The number of hydrogen-bond donors (Lipinski definition) is 1. The Labute approximate surface area is 106 Å². The van der Waals surface area contributed by atoms with Crippen LogP contribution in [-0.2, 0) is 11.3 Å². The second kappa shape index (κ2) is 5.06. The van der Waals surface area contributed by atoms with Gasteiger partial charge in [-0.1, -0.05) is 6.07 Å². The lowest BCUT2D eigenvalue weighted by molar-refractivity contribution is -0.116. The molecule has 0 aliphatic carbocycles. The van der Waals surface area contributed by atoms with Crippen molar-refractivity contribution in [2.75, 3.05) is 5.32 Å². The Morgan fingerprint density at radius 3 is 3.06 bits per heavy atom. The highest BCUT2D eigenvalue weighted by Gasteiger charge is 2.03. The molecule has 0 spiro atoms. The Kier molecular flexibility index (Phi) is 3.50. The largest absolute Gasteiger partial charge is 0.324 e. The number of halogens is 1. The summed E-state index contributed by atoms with van der Waals surface area (Å²) in [4.78, 5) is 15.4. The summed E-state index contributed by atoms with van der Waals surface area (Å²) in [7, 11) is 0. The normalized spacial score (nSPS) is 10.1. The SMILES string of the molecule is O=C(Cn1cncn1)Nc1cccc(I)c1. The van der Waals surface area contributed by atoms with Crippen LogP contribution in [0.2, 0.25) is 0 Å². The molecule has 82 valence electrons. The Balaban J connectivity index is 1.97. The number of aromatic nitrogens is 3. The molecule has 0 saturated heterocycles. The van der Waals surface area contributed by atoms with Crippen molar-refractivity contribution in [2.45, 2.75) is 6.54 Å². The van der Waals surface area contributed by atoms with Crippen LogP contribution in [0.15, 0.2) is 36.9 Å². The summed E-state index contributed by atoms with van der Waals surface area (Å²) < 4.78 is 2.56. The molecule has 0 atom stereocenters. The number of nitrogens with one attached hydrogen (secondary N) is 1. The molecule has 2 rings (SSSR count). The lowest BCUT2D eigenvalue weighted by Crippen LogP contribution is -2.18. The van der Waals surface area contributed by atoms with Crippen molar-refractivity contribution in [1.82, 2.24) is 14.8 Å². The monoisotopic (exact) mass is 328 g/mol. The number of hydrogen-bond acceptors (Lipinski definition) is 3. The van der Waals surface area contributed by atoms with Crippen LogP contribution in [0.1, 0.15) is 0 Å². The number of carbonyl (C=O) groups is 1. The molecule has 2 aromatic rings. The van der Waals surface area contributed by atoms with E-state index >= 15 is 0 Å². The third kappa shape index (κ3) is 3.02. The van der Waals surface area contributed by atoms with E-state index in [1.165, 1.54) is 17.3 Å². The molecular formula is C10H9IN4O. The number of benzene rings is 1. The summed E-state index contributed by atoms with van der Waals surface area (Å²) in [6, 6.07) is 7.61. The van der Waals surface area contributed by atoms with Crippen molar-refractivity contribution in [3.63, 3.8) is 0 Å². The molecule has 0 unspecified atom stereocenters. The fraction of sp³-hybridized carbons (Fsp3) is 0.100. The van der Waals surface area contributed by atoms with Crippen LogP contribution in [0.5, 0.6) is 0 Å². The minimum absolute atomic E-state index is 0.118. The van der Waals surface area contributed by atoms with Gasteiger partial charge in [-0.05, 0) is 40.8 Å². The topological polar surface area (TPSA) is 59.8 Å². The molecule has 0 saturated carbocycles. The van der Waals surface area contributed by atoms with Gasteiger partial charge in [0, 0.05) is 9.26 Å². The van der Waals surface area contributed by atoms with Crippen LogP contribution in [0.25, 0.3) is 0 Å². The Morgan fingerprint density at radius 2 is 2.38 bits per heavy atom. The molecule has 0 aliphatic rings. The Bertz CT molecular complexity index is 483. The van der Waals surface area contributed by atoms with Gasteiger partial charge >= 0.3 is 0 Å². The quantitative estimate of drug-likeness (QED) is 0.869. The molecule has 0 aliphatic heterocycles. The molecule has 5 nitrogen and oxygen atoms in total. The summed E-state index contributed by atoms with van der Waals surface area (Å²) in [6.07, 6.45) is 2.91. The van der Waals surface area contributed by atoms with Crippen molar-refractivity contribution in [2.24, 2.45) is 0 Å². The first-order chi connectivity index (χ1) is 7.74. The van der Waals surface area contributed by atoms with E-state index < -0.39 is 0 Å². The van der Waals surface area contributed by atoms with Crippen molar-refractivity contribution < 1.29 is 4.79 Å². The van der Waals surface area contributed by atoms with E-state index in [-0.39, 0.29) is 12.5 Å². The average Bonchev–Trinajstić information content (AvgIpc) is 2.70. The highest BCUT2D eigenvalue weighted by atomic mass is 127. The molecule has 6 heteroatoms. The van der Waals surface area contributed by atoms with Gasteiger partial charge in [0.05, 0.1) is 0 Å². The van der Waals surface area contributed by atoms with Gasteiger partial charge in [-0.15, -0.1) is 0 Å². The predicted octanol–water partition coefficient (Wildman–Crippen LogP) is 1.52. The van der Waals surface area contributed by atoms with Gasteiger partial charge in [-0.2, -0.15) is 5.10 Å². The van der Waals surface area contributed by atoms with Crippen LogP contribution < -0.4 is 5.32 Å². The number of anilines is 1. The number of carbonyl (C=O) groups excluding carboxylic acids is 1. The lowest BCUT2D eigenvalue weighted by Gasteiger charge is -2.05. The van der Waals surface area contributed by atoms with E-state index in [2.05, 4.69) is 38.0 Å². The second-order valence-electron chi connectivity index (χ2n) is 3.15. The first kappa shape index (κ1) is 11.1. The lowest BCUT2D eigenvalue weighted by atomic mass is 10.3. The summed E-state index contributed by atoms with van der Waals surface area (Å²) in [5, 5.41) is 6.65. The first-order valence-corrected chi connectivity index (χ1v) is 5.70. The van der Waals surface area contributed by atoms with E-state index in [9.17, 15) is 4.79 Å². The number of amides is 1. The molecule has 1 N–H and O–H groups in total. The molecule has 1 aromatic heterocycles. The third-order valence-corrected chi connectivity index (χ3v) is 2.55. The zero-order chi connectivity index (χ0) is 11.4. The van der Waals surface area contributed by atoms with E-state index in [0.29, 0.717) is 0 Å². The number of rotatable bonds is 3. The van der Waals surface area contributed by atoms with Crippen LogP contribution in [-0.4, -0.2) is 20.7 Å². The van der Waals surface area contributed by atoms with Gasteiger partial charge in [0.1, 0.15) is 19.2 Å². The van der Waals surface area contributed by atoms with E-state index in [1.54, 1.807) is 0 Å². The van der Waals surface area contributed by atoms with E-state index in [0.717, 1.165) is 9.26 Å².